The Hall–Kier alpha value is -1.72. The number of hydrogen-bond acceptors (Lipinski definition) is 3. The van der Waals surface area contributed by atoms with E-state index in [4.69, 9.17) is 5.73 Å². The Morgan fingerprint density at radius 2 is 2.00 bits per heavy atom. The van der Waals surface area contributed by atoms with Gasteiger partial charge in [0.25, 0.3) is 0 Å². The number of aromatic nitrogens is 1. The van der Waals surface area contributed by atoms with Crippen molar-refractivity contribution in [1.29, 1.82) is 0 Å². The van der Waals surface area contributed by atoms with E-state index in [2.05, 4.69) is 26.2 Å². The van der Waals surface area contributed by atoms with Crippen molar-refractivity contribution >= 4 is 27.7 Å². The largest absolute Gasteiger partial charge is 0.320 e. The van der Waals surface area contributed by atoms with Crippen LogP contribution in [0.3, 0.4) is 0 Å². The number of rotatable bonds is 5. The molecule has 1 aromatic carbocycles. The van der Waals surface area contributed by atoms with E-state index in [9.17, 15) is 4.79 Å². The molecule has 0 saturated carbocycles. The number of amides is 1. The molecule has 104 valence electrons. The molecule has 0 saturated heterocycles. The molecule has 0 bridgehead atoms. The number of hydrogen-bond donors (Lipinski definition) is 2. The lowest BCUT2D eigenvalue weighted by Crippen LogP contribution is -2.36. The van der Waals surface area contributed by atoms with E-state index >= 15 is 0 Å². The van der Waals surface area contributed by atoms with Crippen molar-refractivity contribution < 1.29 is 4.79 Å². The number of carbonyl (C=O) groups is 1. The van der Waals surface area contributed by atoms with Gasteiger partial charge in [-0.25, -0.2) is 4.98 Å². The number of benzene rings is 1. The van der Waals surface area contributed by atoms with Crippen LogP contribution in [0.4, 0.5) is 5.82 Å². The van der Waals surface area contributed by atoms with Crippen molar-refractivity contribution in [1.82, 2.24) is 4.98 Å². The smallest absolute Gasteiger partial charge is 0.242 e. The van der Waals surface area contributed by atoms with Gasteiger partial charge in [0.05, 0.1) is 6.04 Å². The second-order valence-corrected chi connectivity index (χ2v) is 5.40. The molecule has 0 spiro atoms. The zero-order valence-electron chi connectivity index (χ0n) is 10.9. The van der Waals surface area contributed by atoms with Crippen LogP contribution in [0.25, 0.3) is 0 Å². The summed E-state index contributed by atoms with van der Waals surface area (Å²) in [7, 11) is 0. The molecular formula is C15H16BrN3O. The molecule has 0 aliphatic carbocycles. The summed E-state index contributed by atoms with van der Waals surface area (Å²) in [6, 6.07) is 13.0. The number of nitrogens with one attached hydrogen (secondary N) is 1. The van der Waals surface area contributed by atoms with Gasteiger partial charge in [-0.05, 0) is 46.5 Å². The van der Waals surface area contributed by atoms with Gasteiger partial charge in [-0.15, -0.1) is 0 Å². The van der Waals surface area contributed by atoms with Crippen LogP contribution in [0.2, 0.25) is 0 Å². The highest BCUT2D eigenvalue weighted by Crippen LogP contribution is 2.11. The van der Waals surface area contributed by atoms with Gasteiger partial charge in [0.1, 0.15) is 5.82 Å². The number of nitrogens with two attached hydrogens (primary N) is 1. The first kappa shape index (κ1) is 14.7. The number of carbonyl (C=O) groups excluding carboxylic acids is 1. The van der Waals surface area contributed by atoms with E-state index in [1.54, 1.807) is 12.3 Å². The summed E-state index contributed by atoms with van der Waals surface area (Å²) in [5.74, 6) is 0.295. The maximum absolute atomic E-state index is 11.9. The van der Waals surface area contributed by atoms with E-state index in [0.717, 1.165) is 10.9 Å². The van der Waals surface area contributed by atoms with E-state index in [1.165, 1.54) is 5.56 Å². The number of nitrogens with zero attached hydrogens (tertiary/aromatic N) is 1. The molecule has 0 fully saturated rings. The molecule has 4 nitrogen and oxygen atoms in total. The van der Waals surface area contributed by atoms with E-state index in [0.29, 0.717) is 12.2 Å². The third kappa shape index (κ3) is 4.43. The maximum atomic E-state index is 11.9. The molecule has 1 atom stereocenters. The first-order valence-corrected chi connectivity index (χ1v) is 7.16. The highest BCUT2D eigenvalue weighted by molar-refractivity contribution is 9.10. The molecule has 1 unspecified atom stereocenters. The van der Waals surface area contributed by atoms with Crippen LogP contribution in [0.5, 0.6) is 0 Å². The van der Waals surface area contributed by atoms with Gasteiger partial charge >= 0.3 is 0 Å². The van der Waals surface area contributed by atoms with Crippen LogP contribution in [0.15, 0.2) is 53.1 Å². The lowest BCUT2D eigenvalue weighted by molar-refractivity contribution is -0.117. The standard InChI is InChI=1S/C15H16BrN3O/c16-12-7-9-14(18-10-12)19-15(20)13(17)8-6-11-4-2-1-3-5-11/h1-5,7,9-10,13H,6,8,17H2,(H,18,19,20). The first-order valence-electron chi connectivity index (χ1n) is 6.37. The molecule has 1 amide bonds. The van der Waals surface area contributed by atoms with Crippen LogP contribution in [-0.2, 0) is 11.2 Å². The van der Waals surface area contributed by atoms with E-state index < -0.39 is 6.04 Å². The summed E-state index contributed by atoms with van der Waals surface area (Å²) in [6.45, 7) is 0. The van der Waals surface area contributed by atoms with E-state index in [-0.39, 0.29) is 5.91 Å². The molecule has 0 radical (unpaired) electrons. The minimum absolute atomic E-state index is 0.212. The van der Waals surface area contributed by atoms with Crippen LogP contribution >= 0.6 is 15.9 Å². The Labute approximate surface area is 126 Å². The maximum Gasteiger partial charge on any atom is 0.242 e. The average Bonchev–Trinajstić information content (AvgIpc) is 2.48. The van der Waals surface area contributed by atoms with Crippen LogP contribution < -0.4 is 11.1 Å². The van der Waals surface area contributed by atoms with Gasteiger partial charge < -0.3 is 11.1 Å². The van der Waals surface area contributed by atoms with Crippen molar-refractivity contribution in [2.45, 2.75) is 18.9 Å². The lowest BCUT2D eigenvalue weighted by atomic mass is 10.1. The van der Waals surface area contributed by atoms with Gasteiger partial charge in [0.15, 0.2) is 0 Å². The predicted molar refractivity (Wildman–Crippen MR) is 83.3 cm³/mol. The van der Waals surface area contributed by atoms with Gasteiger partial charge in [-0.2, -0.15) is 0 Å². The van der Waals surface area contributed by atoms with Crippen molar-refractivity contribution in [2.75, 3.05) is 5.32 Å². The Kier molecular flexibility index (Phi) is 5.26. The molecule has 5 heteroatoms. The molecule has 1 heterocycles. The highest BCUT2D eigenvalue weighted by atomic mass is 79.9. The number of pyridine rings is 1. The van der Waals surface area contributed by atoms with Crippen LogP contribution in [-0.4, -0.2) is 16.9 Å². The van der Waals surface area contributed by atoms with Crippen molar-refractivity contribution in [3.8, 4) is 0 Å². The topological polar surface area (TPSA) is 68.0 Å². The van der Waals surface area contributed by atoms with Crippen molar-refractivity contribution in [3.05, 3.63) is 58.7 Å². The fourth-order valence-corrected chi connectivity index (χ4v) is 2.00. The first-order chi connectivity index (χ1) is 9.65. The van der Waals surface area contributed by atoms with Gasteiger partial charge in [0.2, 0.25) is 5.91 Å². The number of halogens is 1. The van der Waals surface area contributed by atoms with Gasteiger partial charge in [-0.3, -0.25) is 4.79 Å². The SMILES string of the molecule is NC(CCc1ccccc1)C(=O)Nc1ccc(Br)cn1. The summed E-state index contributed by atoms with van der Waals surface area (Å²) in [5.41, 5.74) is 7.07. The third-order valence-corrected chi connectivity index (χ3v) is 3.37. The minimum Gasteiger partial charge on any atom is -0.320 e. The molecule has 1 aromatic heterocycles. The molecule has 2 aromatic rings. The molecule has 2 rings (SSSR count). The summed E-state index contributed by atoms with van der Waals surface area (Å²) >= 11 is 3.29. The zero-order valence-corrected chi connectivity index (χ0v) is 12.5. The molecule has 0 aliphatic heterocycles. The minimum atomic E-state index is -0.541. The molecular weight excluding hydrogens is 318 g/mol. The number of aryl methyl sites for hydroxylation is 1. The fraction of sp³-hybridized carbons (Fsp3) is 0.200. The van der Waals surface area contributed by atoms with Crippen molar-refractivity contribution in [2.24, 2.45) is 5.73 Å². The third-order valence-electron chi connectivity index (χ3n) is 2.90. The van der Waals surface area contributed by atoms with Crippen molar-refractivity contribution in [3.63, 3.8) is 0 Å². The van der Waals surface area contributed by atoms with Crippen LogP contribution in [0, 0.1) is 0 Å². The predicted octanol–water partition coefficient (Wildman–Crippen LogP) is 2.74. The monoisotopic (exact) mass is 333 g/mol. The van der Waals surface area contributed by atoms with E-state index in [1.807, 2.05) is 36.4 Å². The zero-order chi connectivity index (χ0) is 14.4. The van der Waals surface area contributed by atoms with Gasteiger partial charge in [0, 0.05) is 10.7 Å². The Bertz CT molecular complexity index is 557. The molecule has 20 heavy (non-hydrogen) atoms. The quantitative estimate of drug-likeness (QED) is 0.883. The van der Waals surface area contributed by atoms with Gasteiger partial charge in [-0.1, -0.05) is 30.3 Å². The summed E-state index contributed by atoms with van der Waals surface area (Å²) in [4.78, 5) is 16.0. The Morgan fingerprint density at radius 1 is 1.25 bits per heavy atom. The second-order valence-electron chi connectivity index (χ2n) is 4.48. The summed E-state index contributed by atoms with van der Waals surface area (Å²) in [5, 5.41) is 2.71. The fourth-order valence-electron chi connectivity index (χ4n) is 1.77. The van der Waals surface area contributed by atoms with Crippen LogP contribution in [0.1, 0.15) is 12.0 Å². The summed E-state index contributed by atoms with van der Waals surface area (Å²) < 4.78 is 0.865. The number of anilines is 1. The molecule has 0 aliphatic rings. The second kappa shape index (κ2) is 7.17. The normalized spacial score (nSPS) is 11.9. The molecule has 3 N–H and O–H groups in total. The highest BCUT2D eigenvalue weighted by Gasteiger charge is 2.13. The Balaban J connectivity index is 1.84. The Morgan fingerprint density at radius 3 is 2.65 bits per heavy atom. The lowest BCUT2D eigenvalue weighted by Gasteiger charge is -2.11. The average molecular weight is 334 g/mol. The summed E-state index contributed by atoms with van der Waals surface area (Å²) in [6.07, 6.45) is 3.01.